The molecule has 20 heavy (non-hydrogen) atoms. The van der Waals surface area contributed by atoms with E-state index in [1.54, 1.807) is 13.3 Å². The van der Waals surface area contributed by atoms with Gasteiger partial charge in [-0.1, -0.05) is 5.16 Å². The lowest BCUT2D eigenvalue weighted by Crippen LogP contribution is -2.12. The molecule has 0 saturated heterocycles. The Bertz CT molecular complexity index is 544. The number of nitrogens with one attached hydrogen (secondary N) is 1. The topological polar surface area (TPSA) is 56.5 Å². The Hall–Kier alpha value is -1.53. The summed E-state index contributed by atoms with van der Waals surface area (Å²) in [7, 11) is 1.63. The fraction of sp³-hybridized carbons (Fsp3) is 0.357. The van der Waals surface area contributed by atoms with Gasteiger partial charge in [-0.15, -0.1) is 0 Å². The van der Waals surface area contributed by atoms with Crippen molar-refractivity contribution >= 4 is 15.9 Å². The first-order chi connectivity index (χ1) is 9.74. The molecule has 2 aromatic rings. The molecule has 0 fully saturated rings. The average molecular weight is 341 g/mol. The fourth-order valence-electron chi connectivity index (χ4n) is 1.82. The Labute approximate surface area is 126 Å². The Morgan fingerprint density at radius 3 is 2.85 bits per heavy atom. The molecule has 0 aliphatic heterocycles. The smallest absolute Gasteiger partial charge is 0.175 e. The summed E-state index contributed by atoms with van der Waals surface area (Å²) in [4.78, 5) is 0. The molecule has 0 aliphatic carbocycles. The van der Waals surface area contributed by atoms with Crippen LogP contribution in [0.1, 0.15) is 18.2 Å². The molecule has 0 spiro atoms. The third-order valence-electron chi connectivity index (χ3n) is 2.70. The summed E-state index contributed by atoms with van der Waals surface area (Å²) in [6, 6.07) is 5.81. The van der Waals surface area contributed by atoms with E-state index in [4.69, 9.17) is 14.0 Å². The second kappa shape index (κ2) is 7.31. The lowest BCUT2D eigenvalue weighted by molar-refractivity contribution is 0.308. The van der Waals surface area contributed by atoms with Gasteiger partial charge >= 0.3 is 0 Å². The molecule has 0 bridgehead atoms. The third kappa shape index (κ3) is 3.74. The largest absolute Gasteiger partial charge is 0.493 e. The number of ether oxygens (including phenoxy) is 2. The van der Waals surface area contributed by atoms with Crippen molar-refractivity contribution in [2.45, 2.75) is 20.0 Å². The second-order valence-electron chi connectivity index (χ2n) is 4.12. The van der Waals surface area contributed by atoms with Gasteiger partial charge in [0, 0.05) is 12.6 Å². The summed E-state index contributed by atoms with van der Waals surface area (Å²) < 4.78 is 16.8. The lowest BCUT2D eigenvalue weighted by Gasteiger charge is -2.13. The predicted octanol–water partition coefficient (Wildman–Crippen LogP) is 3.13. The van der Waals surface area contributed by atoms with Crippen molar-refractivity contribution < 1.29 is 14.0 Å². The summed E-state index contributed by atoms with van der Waals surface area (Å²) in [5.41, 5.74) is 1.09. The highest BCUT2D eigenvalue weighted by atomic mass is 79.9. The molecule has 0 atom stereocenters. The van der Waals surface area contributed by atoms with Crippen LogP contribution in [0.5, 0.6) is 11.5 Å². The van der Waals surface area contributed by atoms with E-state index in [0.29, 0.717) is 19.7 Å². The van der Waals surface area contributed by atoms with E-state index < -0.39 is 0 Å². The van der Waals surface area contributed by atoms with Gasteiger partial charge in [0.1, 0.15) is 5.76 Å². The predicted molar refractivity (Wildman–Crippen MR) is 78.9 cm³/mol. The normalized spacial score (nSPS) is 10.6. The number of hydrogen-bond acceptors (Lipinski definition) is 5. The van der Waals surface area contributed by atoms with Gasteiger partial charge in [0.25, 0.3) is 0 Å². The van der Waals surface area contributed by atoms with Crippen LogP contribution in [0.2, 0.25) is 0 Å². The molecule has 5 nitrogen and oxygen atoms in total. The van der Waals surface area contributed by atoms with E-state index >= 15 is 0 Å². The zero-order valence-electron chi connectivity index (χ0n) is 11.5. The summed E-state index contributed by atoms with van der Waals surface area (Å²) in [5.74, 6) is 2.26. The minimum absolute atomic E-state index is 0.595. The number of aromatic nitrogens is 1. The summed E-state index contributed by atoms with van der Waals surface area (Å²) in [5, 5.41) is 6.95. The first kappa shape index (κ1) is 14.9. The van der Waals surface area contributed by atoms with Crippen molar-refractivity contribution in [2.75, 3.05) is 13.7 Å². The highest BCUT2D eigenvalue weighted by Gasteiger charge is 2.11. The van der Waals surface area contributed by atoms with Crippen molar-refractivity contribution in [1.29, 1.82) is 0 Å². The average Bonchev–Trinajstić information content (AvgIpc) is 2.94. The maximum atomic E-state index is 5.56. The molecule has 0 radical (unpaired) electrons. The molecule has 0 unspecified atom stereocenters. The van der Waals surface area contributed by atoms with Crippen molar-refractivity contribution in [3.63, 3.8) is 0 Å². The van der Waals surface area contributed by atoms with Gasteiger partial charge in [-0.2, -0.15) is 0 Å². The molecule has 1 heterocycles. The molecule has 6 heteroatoms. The molecule has 0 amide bonds. The summed E-state index contributed by atoms with van der Waals surface area (Å²) in [6.07, 6.45) is 1.63. The van der Waals surface area contributed by atoms with Crippen LogP contribution in [0.25, 0.3) is 0 Å². The standard InChI is InChI=1S/C14H17BrN2O3/c1-3-19-14-12(15)6-10(7-13(14)18-2)8-16-9-11-4-5-17-20-11/h4-7,16H,3,8-9H2,1-2H3. The monoisotopic (exact) mass is 340 g/mol. The number of methoxy groups -OCH3 is 1. The number of benzene rings is 1. The van der Waals surface area contributed by atoms with Crippen LogP contribution >= 0.6 is 15.9 Å². The van der Waals surface area contributed by atoms with Crippen LogP contribution in [-0.4, -0.2) is 18.9 Å². The Balaban J connectivity index is 2.02. The minimum atomic E-state index is 0.595. The van der Waals surface area contributed by atoms with Crippen molar-refractivity contribution in [3.8, 4) is 11.5 Å². The van der Waals surface area contributed by atoms with E-state index in [2.05, 4.69) is 26.4 Å². The Morgan fingerprint density at radius 1 is 1.35 bits per heavy atom. The van der Waals surface area contributed by atoms with E-state index in [1.165, 1.54) is 0 Å². The van der Waals surface area contributed by atoms with E-state index in [0.717, 1.165) is 27.3 Å². The molecule has 2 rings (SSSR count). The van der Waals surface area contributed by atoms with Gasteiger partial charge in [0.05, 0.1) is 30.9 Å². The Morgan fingerprint density at radius 2 is 2.20 bits per heavy atom. The molecule has 108 valence electrons. The van der Waals surface area contributed by atoms with Gasteiger partial charge in [-0.05, 0) is 40.5 Å². The van der Waals surface area contributed by atoms with Gasteiger partial charge in [-0.25, -0.2) is 0 Å². The molecule has 1 N–H and O–H groups in total. The van der Waals surface area contributed by atoms with Crippen molar-refractivity contribution in [1.82, 2.24) is 10.5 Å². The van der Waals surface area contributed by atoms with E-state index in [9.17, 15) is 0 Å². The zero-order chi connectivity index (χ0) is 14.4. The highest BCUT2D eigenvalue weighted by molar-refractivity contribution is 9.10. The van der Waals surface area contributed by atoms with E-state index in [1.807, 2.05) is 25.1 Å². The molecular formula is C14H17BrN2O3. The summed E-state index contributed by atoms with van der Waals surface area (Å²) in [6.45, 7) is 3.87. The van der Waals surface area contributed by atoms with Crippen LogP contribution in [0, 0.1) is 0 Å². The summed E-state index contributed by atoms with van der Waals surface area (Å²) >= 11 is 3.51. The molecule has 1 aromatic carbocycles. The third-order valence-corrected chi connectivity index (χ3v) is 3.29. The van der Waals surface area contributed by atoms with Gasteiger partial charge < -0.3 is 19.3 Å². The van der Waals surface area contributed by atoms with Crippen LogP contribution in [0.3, 0.4) is 0 Å². The minimum Gasteiger partial charge on any atom is -0.493 e. The van der Waals surface area contributed by atoms with Gasteiger partial charge in [-0.3, -0.25) is 0 Å². The Kier molecular flexibility index (Phi) is 5.43. The van der Waals surface area contributed by atoms with Gasteiger partial charge in [0.15, 0.2) is 11.5 Å². The van der Waals surface area contributed by atoms with Gasteiger partial charge in [0.2, 0.25) is 0 Å². The number of rotatable bonds is 7. The van der Waals surface area contributed by atoms with Crippen LogP contribution < -0.4 is 14.8 Å². The first-order valence-electron chi connectivity index (χ1n) is 6.34. The quantitative estimate of drug-likeness (QED) is 0.839. The maximum Gasteiger partial charge on any atom is 0.175 e. The van der Waals surface area contributed by atoms with Crippen LogP contribution in [0.4, 0.5) is 0 Å². The second-order valence-corrected chi connectivity index (χ2v) is 4.98. The van der Waals surface area contributed by atoms with E-state index in [-0.39, 0.29) is 0 Å². The lowest BCUT2D eigenvalue weighted by atomic mass is 10.2. The molecule has 1 aromatic heterocycles. The number of nitrogens with zero attached hydrogens (tertiary/aromatic N) is 1. The first-order valence-corrected chi connectivity index (χ1v) is 7.13. The van der Waals surface area contributed by atoms with Crippen LogP contribution in [0.15, 0.2) is 33.4 Å². The maximum absolute atomic E-state index is 5.56. The molecule has 0 aliphatic rings. The van der Waals surface area contributed by atoms with Crippen molar-refractivity contribution in [3.05, 3.63) is 40.2 Å². The number of halogens is 1. The fourth-order valence-corrected chi connectivity index (χ4v) is 2.43. The molecule has 0 saturated carbocycles. The highest BCUT2D eigenvalue weighted by Crippen LogP contribution is 2.36. The van der Waals surface area contributed by atoms with Crippen LogP contribution in [-0.2, 0) is 13.1 Å². The number of hydrogen-bond donors (Lipinski definition) is 1. The zero-order valence-corrected chi connectivity index (χ0v) is 13.1. The van der Waals surface area contributed by atoms with Crippen molar-refractivity contribution in [2.24, 2.45) is 0 Å². The molecular weight excluding hydrogens is 324 g/mol. The SMILES string of the molecule is CCOc1c(Br)cc(CNCc2ccno2)cc1OC.